The largest absolute Gasteiger partial charge is 0.0622 e. The molecule has 0 aliphatic heterocycles. The van der Waals surface area contributed by atoms with Gasteiger partial charge >= 0.3 is 0 Å². The number of hydrogen-bond acceptors (Lipinski definition) is 0. The average molecular weight is 709 g/mol. The third-order valence-electron chi connectivity index (χ3n) is 11.7. The zero-order chi connectivity index (χ0) is 37.0. The van der Waals surface area contributed by atoms with Crippen molar-refractivity contribution in [1.29, 1.82) is 0 Å². The van der Waals surface area contributed by atoms with Gasteiger partial charge in [-0.15, -0.1) is 0 Å². The molecule has 0 amide bonds. The second-order valence-electron chi connectivity index (χ2n) is 14.8. The Balaban J connectivity index is 1.27. The summed E-state index contributed by atoms with van der Waals surface area (Å²) in [4.78, 5) is 0. The van der Waals surface area contributed by atoms with E-state index in [4.69, 9.17) is 0 Å². The van der Waals surface area contributed by atoms with Gasteiger partial charge in [-0.05, 0) is 122 Å². The number of rotatable bonds is 5. The predicted molar refractivity (Wildman–Crippen MR) is 241 cm³/mol. The molecule has 0 radical (unpaired) electrons. The second kappa shape index (κ2) is 13.2. The van der Waals surface area contributed by atoms with Crippen LogP contribution in [-0.2, 0) is 0 Å². The van der Waals surface area contributed by atoms with Crippen molar-refractivity contribution < 1.29 is 0 Å². The Morgan fingerprint density at radius 3 is 1.11 bits per heavy atom. The molecule has 0 spiro atoms. The quantitative estimate of drug-likeness (QED) is 0.156. The molecule has 0 bridgehead atoms. The zero-order valence-corrected chi connectivity index (χ0v) is 30.8. The van der Waals surface area contributed by atoms with Crippen molar-refractivity contribution in [3.63, 3.8) is 0 Å². The summed E-state index contributed by atoms with van der Waals surface area (Å²) in [5.74, 6) is 0. The Morgan fingerprint density at radius 2 is 0.554 bits per heavy atom. The van der Waals surface area contributed by atoms with Crippen LogP contribution in [-0.4, -0.2) is 0 Å². The first kappa shape index (κ1) is 32.2. The molecule has 0 aromatic heterocycles. The fourth-order valence-corrected chi connectivity index (χ4v) is 9.02. The highest BCUT2D eigenvalue weighted by Gasteiger charge is 2.20. The van der Waals surface area contributed by atoms with Gasteiger partial charge in [0.25, 0.3) is 0 Å². The topological polar surface area (TPSA) is 0 Å². The molecule has 0 saturated heterocycles. The van der Waals surface area contributed by atoms with Crippen LogP contribution in [0.4, 0.5) is 0 Å². The van der Waals surface area contributed by atoms with Crippen molar-refractivity contribution in [2.24, 2.45) is 0 Å². The van der Waals surface area contributed by atoms with Crippen molar-refractivity contribution in [2.75, 3.05) is 0 Å². The summed E-state index contributed by atoms with van der Waals surface area (Å²) in [6.07, 6.45) is 0. The molecule has 0 unspecified atom stereocenters. The highest BCUT2D eigenvalue weighted by atomic mass is 14.2. The molecule has 0 fully saturated rings. The standard InChI is InChI=1S/C56H36/c1-2-13-37(14-3-1)38-27-29-42(30-28-38)55-51-33-31-44(49-25-11-19-40-16-5-8-22-46(40)49)36-54(51)56(50-26-12-20-41-17-6-9-23-47(41)50)52-34-32-43(35-53(52)55)48-24-10-18-39-15-4-7-21-45(39)48/h1-36H. The van der Waals surface area contributed by atoms with E-state index in [9.17, 15) is 0 Å². The summed E-state index contributed by atoms with van der Waals surface area (Å²) in [7, 11) is 0. The van der Waals surface area contributed by atoms with E-state index in [1.165, 1.54) is 109 Å². The number of benzene rings is 11. The summed E-state index contributed by atoms with van der Waals surface area (Å²) in [5, 5.41) is 12.5. The fourth-order valence-electron chi connectivity index (χ4n) is 9.02. The lowest BCUT2D eigenvalue weighted by Gasteiger charge is -2.21. The van der Waals surface area contributed by atoms with E-state index in [1.807, 2.05) is 0 Å². The number of fused-ring (bicyclic) bond motifs is 5. The molecule has 11 rings (SSSR count). The molecule has 11 aromatic carbocycles. The highest BCUT2D eigenvalue weighted by Crippen LogP contribution is 2.48. The Kier molecular flexibility index (Phi) is 7.60. The van der Waals surface area contributed by atoms with Gasteiger partial charge in [-0.3, -0.25) is 0 Å². The number of hydrogen-bond donors (Lipinski definition) is 0. The molecule has 0 heterocycles. The normalized spacial score (nSPS) is 11.6. The van der Waals surface area contributed by atoms with Crippen LogP contribution in [0, 0.1) is 0 Å². The molecule has 0 nitrogen and oxygen atoms in total. The summed E-state index contributed by atoms with van der Waals surface area (Å²) in [6, 6.07) is 80.5. The molecule has 0 heteroatoms. The van der Waals surface area contributed by atoms with Crippen LogP contribution >= 0.6 is 0 Å². The third-order valence-corrected chi connectivity index (χ3v) is 11.7. The van der Waals surface area contributed by atoms with Crippen molar-refractivity contribution in [3.05, 3.63) is 218 Å². The van der Waals surface area contributed by atoms with Gasteiger partial charge in [0, 0.05) is 0 Å². The van der Waals surface area contributed by atoms with Crippen LogP contribution in [0.15, 0.2) is 218 Å². The maximum absolute atomic E-state index is 2.45. The van der Waals surface area contributed by atoms with E-state index in [0.717, 1.165) is 0 Å². The SMILES string of the molecule is c1ccc(-c2ccc(-c3c4cc(-c5cccc6ccccc56)ccc4c(-c4cccc5ccccc45)c4cc(-c5cccc6ccccc56)ccc34)cc2)cc1. The van der Waals surface area contributed by atoms with Gasteiger partial charge in [0.2, 0.25) is 0 Å². The van der Waals surface area contributed by atoms with Gasteiger partial charge < -0.3 is 0 Å². The molecular formula is C56H36. The van der Waals surface area contributed by atoms with Gasteiger partial charge in [0.05, 0.1) is 0 Å². The molecule has 0 aliphatic carbocycles. The minimum atomic E-state index is 1.21. The van der Waals surface area contributed by atoms with E-state index >= 15 is 0 Å². The average Bonchev–Trinajstić information content (AvgIpc) is 3.28. The van der Waals surface area contributed by atoms with Crippen LogP contribution in [0.25, 0.3) is 109 Å². The van der Waals surface area contributed by atoms with Gasteiger partial charge in [0.1, 0.15) is 0 Å². The summed E-state index contributed by atoms with van der Waals surface area (Å²) in [6.45, 7) is 0. The molecule has 0 atom stereocenters. The maximum atomic E-state index is 2.45. The smallest absolute Gasteiger partial charge is 0.00199 e. The fraction of sp³-hybridized carbons (Fsp3) is 0. The minimum Gasteiger partial charge on any atom is -0.0622 e. The molecule has 260 valence electrons. The van der Waals surface area contributed by atoms with Crippen molar-refractivity contribution >= 4 is 53.9 Å². The van der Waals surface area contributed by atoms with Crippen LogP contribution in [0.3, 0.4) is 0 Å². The molecule has 0 N–H and O–H groups in total. The van der Waals surface area contributed by atoms with E-state index in [-0.39, 0.29) is 0 Å². The van der Waals surface area contributed by atoms with Crippen molar-refractivity contribution in [1.82, 2.24) is 0 Å². The van der Waals surface area contributed by atoms with Crippen molar-refractivity contribution in [2.45, 2.75) is 0 Å². The van der Waals surface area contributed by atoms with Gasteiger partial charge in [0.15, 0.2) is 0 Å². The molecule has 0 saturated carbocycles. The Morgan fingerprint density at radius 1 is 0.179 bits per heavy atom. The lowest BCUT2D eigenvalue weighted by molar-refractivity contribution is 1.61. The van der Waals surface area contributed by atoms with Gasteiger partial charge in [-0.25, -0.2) is 0 Å². The first-order chi connectivity index (χ1) is 27.8. The van der Waals surface area contributed by atoms with Crippen LogP contribution < -0.4 is 0 Å². The van der Waals surface area contributed by atoms with E-state index in [1.54, 1.807) is 0 Å². The Hall–Kier alpha value is -7.28. The maximum Gasteiger partial charge on any atom is -0.00199 e. The highest BCUT2D eigenvalue weighted by molar-refractivity contribution is 6.25. The van der Waals surface area contributed by atoms with Gasteiger partial charge in [-0.2, -0.15) is 0 Å². The Labute approximate surface area is 326 Å². The van der Waals surface area contributed by atoms with E-state index in [0.29, 0.717) is 0 Å². The zero-order valence-electron chi connectivity index (χ0n) is 30.8. The molecule has 56 heavy (non-hydrogen) atoms. The minimum absolute atomic E-state index is 1.21. The van der Waals surface area contributed by atoms with Crippen LogP contribution in [0.5, 0.6) is 0 Å². The summed E-state index contributed by atoms with van der Waals surface area (Å²) < 4.78 is 0. The lowest BCUT2D eigenvalue weighted by Crippen LogP contribution is -1.94. The van der Waals surface area contributed by atoms with E-state index in [2.05, 4.69) is 218 Å². The van der Waals surface area contributed by atoms with E-state index < -0.39 is 0 Å². The van der Waals surface area contributed by atoms with Crippen molar-refractivity contribution in [3.8, 4) is 55.6 Å². The predicted octanol–water partition coefficient (Wildman–Crippen LogP) is 15.8. The summed E-state index contributed by atoms with van der Waals surface area (Å²) in [5.41, 5.74) is 12.3. The second-order valence-corrected chi connectivity index (χ2v) is 14.8. The lowest BCUT2D eigenvalue weighted by atomic mass is 9.82. The Bertz CT molecular complexity index is 3260. The monoisotopic (exact) mass is 708 g/mol. The van der Waals surface area contributed by atoms with Gasteiger partial charge in [-0.1, -0.05) is 206 Å². The first-order valence-electron chi connectivity index (χ1n) is 19.4. The van der Waals surface area contributed by atoms with Crippen LogP contribution in [0.1, 0.15) is 0 Å². The van der Waals surface area contributed by atoms with Crippen LogP contribution in [0.2, 0.25) is 0 Å². The molecular weight excluding hydrogens is 673 g/mol. The molecule has 0 aliphatic rings. The molecule has 11 aromatic rings. The summed E-state index contributed by atoms with van der Waals surface area (Å²) >= 11 is 0. The third kappa shape index (κ3) is 5.30. The first-order valence-corrected chi connectivity index (χ1v) is 19.4.